The molecule has 82 valence electrons. The molecule has 0 aromatic rings. The SMILES string of the molecule is CNC(C1CC1)C1CCCCS1(=O)=O. The molecule has 14 heavy (non-hydrogen) atoms. The Kier molecular flexibility index (Phi) is 2.84. The Balaban J connectivity index is 2.13. The molecule has 2 aliphatic rings. The summed E-state index contributed by atoms with van der Waals surface area (Å²) in [5.74, 6) is 1.03. The molecular weight excluding hydrogens is 198 g/mol. The van der Waals surface area contributed by atoms with E-state index in [9.17, 15) is 8.42 Å². The van der Waals surface area contributed by atoms with Gasteiger partial charge in [0.2, 0.25) is 0 Å². The Morgan fingerprint density at radius 1 is 1.21 bits per heavy atom. The number of nitrogens with one attached hydrogen (secondary N) is 1. The number of hydrogen-bond acceptors (Lipinski definition) is 3. The van der Waals surface area contributed by atoms with E-state index in [1.54, 1.807) is 0 Å². The average molecular weight is 217 g/mol. The van der Waals surface area contributed by atoms with Crippen molar-refractivity contribution in [1.29, 1.82) is 0 Å². The second-order valence-corrected chi connectivity index (χ2v) is 6.89. The third-order valence-electron chi connectivity index (χ3n) is 3.49. The minimum Gasteiger partial charge on any atom is -0.315 e. The molecule has 0 aromatic heterocycles. The van der Waals surface area contributed by atoms with E-state index >= 15 is 0 Å². The summed E-state index contributed by atoms with van der Waals surface area (Å²) in [6.45, 7) is 0. The molecule has 2 fully saturated rings. The Hall–Kier alpha value is -0.0900. The summed E-state index contributed by atoms with van der Waals surface area (Å²) in [6, 6.07) is 0.222. The van der Waals surface area contributed by atoms with Gasteiger partial charge in [0.1, 0.15) is 0 Å². The quantitative estimate of drug-likeness (QED) is 0.765. The van der Waals surface area contributed by atoms with Gasteiger partial charge in [-0.1, -0.05) is 6.42 Å². The van der Waals surface area contributed by atoms with E-state index in [0.717, 1.165) is 19.3 Å². The van der Waals surface area contributed by atoms with Gasteiger partial charge in [-0.05, 0) is 38.6 Å². The molecule has 0 aromatic carbocycles. The first-order chi connectivity index (χ1) is 6.65. The highest BCUT2D eigenvalue weighted by molar-refractivity contribution is 7.92. The lowest BCUT2D eigenvalue weighted by Gasteiger charge is -2.29. The van der Waals surface area contributed by atoms with Crippen LogP contribution in [0, 0.1) is 5.92 Å². The minimum absolute atomic E-state index is 0.103. The van der Waals surface area contributed by atoms with Gasteiger partial charge in [0, 0.05) is 6.04 Å². The van der Waals surface area contributed by atoms with Gasteiger partial charge >= 0.3 is 0 Å². The molecule has 1 aliphatic heterocycles. The van der Waals surface area contributed by atoms with Crippen LogP contribution in [0.5, 0.6) is 0 Å². The molecule has 2 unspecified atom stereocenters. The molecule has 2 atom stereocenters. The largest absolute Gasteiger partial charge is 0.315 e. The first-order valence-corrected chi connectivity index (χ1v) is 7.25. The molecule has 2 rings (SSSR count). The fourth-order valence-electron chi connectivity index (χ4n) is 2.56. The maximum atomic E-state index is 11.9. The fourth-order valence-corrected chi connectivity index (χ4v) is 4.80. The van der Waals surface area contributed by atoms with Crippen molar-refractivity contribution in [3.63, 3.8) is 0 Å². The van der Waals surface area contributed by atoms with Gasteiger partial charge in [0.15, 0.2) is 9.84 Å². The summed E-state index contributed by atoms with van der Waals surface area (Å²) in [5.41, 5.74) is 0. The molecule has 0 bridgehead atoms. The van der Waals surface area contributed by atoms with Crippen LogP contribution in [0.15, 0.2) is 0 Å². The average Bonchev–Trinajstić information content (AvgIpc) is 2.92. The van der Waals surface area contributed by atoms with Crippen molar-refractivity contribution in [1.82, 2.24) is 5.32 Å². The first-order valence-electron chi connectivity index (χ1n) is 5.54. The standard InChI is InChI=1S/C10H19NO2S/c1-11-10(8-5-6-8)9-4-2-3-7-14(9,12)13/h8-11H,2-7H2,1H3. The maximum Gasteiger partial charge on any atom is 0.154 e. The molecule has 1 saturated heterocycles. The van der Waals surface area contributed by atoms with E-state index in [1.165, 1.54) is 12.8 Å². The third-order valence-corrected chi connectivity index (χ3v) is 5.80. The topological polar surface area (TPSA) is 46.2 Å². The highest BCUT2D eigenvalue weighted by atomic mass is 32.2. The van der Waals surface area contributed by atoms with E-state index in [-0.39, 0.29) is 11.3 Å². The van der Waals surface area contributed by atoms with Crippen LogP contribution in [-0.2, 0) is 9.84 Å². The van der Waals surface area contributed by atoms with E-state index in [1.807, 2.05) is 7.05 Å². The van der Waals surface area contributed by atoms with Crippen LogP contribution in [0.3, 0.4) is 0 Å². The monoisotopic (exact) mass is 217 g/mol. The van der Waals surface area contributed by atoms with Gasteiger partial charge in [-0.25, -0.2) is 8.42 Å². The summed E-state index contributed by atoms with van der Waals surface area (Å²) in [6.07, 6.45) is 5.22. The van der Waals surface area contributed by atoms with Crippen LogP contribution in [-0.4, -0.2) is 32.5 Å². The molecule has 0 spiro atoms. The second-order valence-electron chi connectivity index (χ2n) is 4.55. The van der Waals surface area contributed by atoms with Crippen molar-refractivity contribution in [2.45, 2.75) is 43.4 Å². The van der Waals surface area contributed by atoms with Crippen molar-refractivity contribution >= 4 is 9.84 Å². The van der Waals surface area contributed by atoms with E-state index in [2.05, 4.69) is 5.32 Å². The lowest BCUT2D eigenvalue weighted by Crippen LogP contribution is -2.46. The summed E-state index contributed by atoms with van der Waals surface area (Å²) in [4.78, 5) is 0. The molecule has 1 aliphatic carbocycles. The van der Waals surface area contributed by atoms with Crippen LogP contribution in [0.1, 0.15) is 32.1 Å². The predicted molar refractivity (Wildman–Crippen MR) is 57.0 cm³/mol. The lowest BCUT2D eigenvalue weighted by molar-refractivity contribution is 0.425. The van der Waals surface area contributed by atoms with Gasteiger partial charge in [0.05, 0.1) is 11.0 Å². The zero-order valence-electron chi connectivity index (χ0n) is 8.70. The number of rotatable bonds is 3. The molecule has 3 nitrogen and oxygen atoms in total. The Morgan fingerprint density at radius 3 is 2.43 bits per heavy atom. The molecular formula is C10H19NO2S. The highest BCUT2D eigenvalue weighted by Gasteiger charge is 2.42. The normalized spacial score (nSPS) is 33.9. The zero-order chi connectivity index (χ0) is 10.2. The molecule has 1 heterocycles. The van der Waals surface area contributed by atoms with Gasteiger partial charge in [-0.2, -0.15) is 0 Å². The van der Waals surface area contributed by atoms with E-state index in [4.69, 9.17) is 0 Å². The molecule has 1 saturated carbocycles. The highest BCUT2D eigenvalue weighted by Crippen LogP contribution is 2.38. The lowest BCUT2D eigenvalue weighted by atomic mass is 10.0. The van der Waals surface area contributed by atoms with E-state index in [0.29, 0.717) is 11.7 Å². The fraction of sp³-hybridized carbons (Fsp3) is 1.00. The third kappa shape index (κ3) is 1.96. The summed E-state index contributed by atoms with van der Waals surface area (Å²) >= 11 is 0. The minimum atomic E-state index is -2.80. The van der Waals surface area contributed by atoms with Crippen LogP contribution >= 0.6 is 0 Å². The van der Waals surface area contributed by atoms with E-state index < -0.39 is 9.84 Å². The van der Waals surface area contributed by atoms with Gasteiger partial charge in [-0.15, -0.1) is 0 Å². The van der Waals surface area contributed by atoms with Crippen molar-refractivity contribution in [2.75, 3.05) is 12.8 Å². The smallest absolute Gasteiger partial charge is 0.154 e. The number of hydrogen-bond donors (Lipinski definition) is 1. The van der Waals surface area contributed by atoms with Crippen molar-refractivity contribution < 1.29 is 8.42 Å². The van der Waals surface area contributed by atoms with Gasteiger partial charge in [-0.3, -0.25) is 0 Å². The van der Waals surface area contributed by atoms with Crippen LogP contribution in [0.25, 0.3) is 0 Å². The Bertz CT molecular complexity index is 295. The predicted octanol–water partition coefficient (Wildman–Crippen LogP) is 0.952. The Labute approximate surface area is 86.2 Å². The summed E-state index contributed by atoms with van der Waals surface area (Å²) in [5, 5.41) is 3.11. The maximum absolute atomic E-state index is 11.9. The summed E-state index contributed by atoms with van der Waals surface area (Å²) in [7, 11) is -0.906. The second kappa shape index (κ2) is 3.81. The number of sulfone groups is 1. The molecule has 0 amide bonds. The van der Waals surface area contributed by atoms with Crippen molar-refractivity contribution in [3.8, 4) is 0 Å². The zero-order valence-corrected chi connectivity index (χ0v) is 9.52. The Morgan fingerprint density at radius 2 is 1.93 bits per heavy atom. The van der Waals surface area contributed by atoms with Gasteiger partial charge in [0.25, 0.3) is 0 Å². The van der Waals surface area contributed by atoms with Crippen molar-refractivity contribution in [2.24, 2.45) is 5.92 Å². The van der Waals surface area contributed by atoms with Crippen LogP contribution < -0.4 is 5.32 Å². The van der Waals surface area contributed by atoms with Crippen LogP contribution in [0.4, 0.5) is 0 Å². The molecule has 1 N–H and O–H groups in total. The summed E-state index contributed by atoms with van der Waals surface area (Å²) < 4.78 is 23.7. The molecule has 4 heteroatoms. The van der Waals surface area contributed by atoms with Crippen molar-refractivity contribution in [3.05, 3.63) is 0 Å². The van der Waals surface area contributed by atoms with Crippen LogP contribution in [0.2, 0.25) is 0 Å². The first kappa shape index (κ1) is 10.4. The van der Waals surface area contributed by atoms with Gasteiger partial charge < -0.3 is 5.32 Å². The molecule has 0 radical (unpaired) electrons.